The van der Waals surface area contributed by atoms with Crippen molar-refractivity contribution in [2.45, 2.75) is 13.5 Å². The van der Waals surface area contributed by atoms with Crippen LogP contribution in [0.4, 0.5) is 0 Å². The predicted molar refractivity (Wildman–Crippen MR) is 75.0 cm³/mol. The largest absolute Gasteiger partial charge is 0.311 e. The molecule has 0 aliphatic carbocycles. The Morgan fingerprint density at radius 1 is 1.24 bits per heavy atom. The number of aromatic nitrogens is 1. The molecule has 0 unspecified atom stereocenters. The van der Waals surface area contributed by atoms with Gasteiger partial charge in [-0.3, -0.25) is 0 Å². The van der Waals surface area contributed by atoms with Gasteiger partial charge in [-0.25, -0.2) is 4.98 Å². The Hall–Kier alpha value is -0.610. The van der Waals surface area contributed by atoms with Gasteiger partial charge in [-0.15, -0.1) is 11.3 Å². The zero-order chi connectivity index (χ0) is 12.3. The molecule has 1 N–H and O–H groups in total. The van der Waals surface area contributed by atoms with E-state index in [-0.39, 0.29) is 0 Å². The molecular formula is C12H12Cl2N2S. The van der Waals surface area contributed by atoms with Gasteiger partial charge in [0.1, 0.15) is 5.01 Å². The number of halogens is 2. The van der Waals surface area contributed by atoms with Crippen molar-refractivity contribution in [1.82, 2.24) is 10.3 Å². The molecule has 0 saturated carbocycles. The van der Waals surface area contributed by atoms with E-state index in [9.17, 15) is 0 Å². The predicted octanol–water partition coefficient (Wildman–Crippen LogP) is 4.23. The Morgan fingerprint density at radius 3 is 2.59 bits per heavy atom. The van der Waals surface area contributed by atoms with Crippen LogP contribution in [0, 0.1) is 0 Å². The lowest BCUT2D eigenvalue weighted by atomic mass is 10.2. The van der Waals surface area contributed by atoms with Crippen molar-refractivity contribution in [1.29, 1.82) is 0 Å². The van der Waals surface area contributed by atoms with Crippen LogP contribution >= 0.6 is 34.5 Å². The van der Waals surface area contributed by atoms with Gasteiger partial charge in [0.05, 0.1) is 5.69 Å². The standard InChI is InChI=1S/C12H12Cl2N2S/c1-2-15-6-11-7-17-12(16-11)8-3-9(13)5-10(14)4-8/h3-5,7,15H,2,6H2,1H3. The quantitative estimate of drug-likeness (QED) is 0.910. The van der Waals surface area contributed by atoms with Crippen LogP contribution in [0.2, 0.25) is 10.0 Å². The second-order valence-electron chi connectivity index (χ2n) is 3.58. The van der Waals surface area contributed by atoms with Gasteiger partial charge in [-0.1, -0.05) is 30.1 Å². The van der Waals surface area contributed by atoms with E-state index in [1.54, 1.807) is 17.4 Å². The van der Waals surface area contributed by atoms with Gasteiger partial charge in [0.2, 0.25) is 0 Å². The molecule has 0 fully saturated rings. The second kappa shape index (κ2) is 5.83. The van der Waals surface area contributed by atoms with Crippen LogP contribution in [-0.2, 0) is 6.54 Å². The number of rotatable bonds is 4. The molecule has 0 atom stereocenters. The van der Waals surface area contributed by atoms with Crippen LogP contribution < -0.4 is 5.32 Å². The zero-order valence-corrected chi connectivity index (χ0v) is 11.7. The van der Waals surface area contributed by atoms with Crippen LogP contribution in [0.15, 0.2) is 23.6 Å². The first-order chi connectivity index (χ1) is 8.19. The van der Waals surface area contributed by atoms with E-state index in [0.29, 0.717) is 10.0 Å². The van der Waals surface area contributed by atoms with E-state index in [1.807, 2.05) is 17.5 Å². The average Bonchev–Trinajstić information content (AvgIpc) is 2.73. The number of hydrogen-bond acceptors (Lipinski definition) is 3. The maximum atomic E-state index is 5.97. The van der Waals surface area contributed by atoms with Gasteiger partial charge in [0.25, 0.3) is 0 Å². The van der Waals surface area contributed by atoms with E-state index in [1.165, 1.54) is 0 Å². The lowest BCUT2D eigenvalue weighted by Gasteiger charge is -1.99. The van der Waals surface area contributed by atoms with Crippen LogP contribution in [0.1, 0.15) is 12.6 Å². The lowest BCUT2D eigenvalue weighted by Crippen LogP contribution is -2.11. The third-order valence-corrected chi connectivity index (χ3v) is 3.59. The topological polar surface area (TPSA) is 24.9 Å². The fraction of sp³-hybridized carbons (Fsp3) is 0.250. The Kier molecular flexibility index (Phi) is 4.40. The summed E-state index contributed by atoms with van der Waals surface area (Å²) in [6.07, 6.45) is 0. The minimum absolute atomic E-state index is 0.635. The summed E-state index contributed by atoms with van der Waals surface area (Å²) >= 11 is 13.5. The highest BCUT2D eigenvalue weighted by atomic mass is 35.5. The summed E-state index contributed by atoms with van der Waals surface area (Å²) < 4.78 is 0. The van der Waals surface area contributed by atoms with Gasteiger partial charge in [-0.05, 0) is 24.7 Å². The highest BCUT2D eigenvalue weighted by molar-refractivity contribution is 7.13. The molecule has 1 aromatic carbocycles. The molecule has 2 aromatic rings. The minimum atomic E-state index is 0.635. The molecule has 0 aliphatic heterocycles. The molecule has 17 heavy (non-hydrogen) atoms. The Bertz CT molecular complexity index is 491. The normalized spacial score (nSPS) is 10.8. The summed E-state index contributed by atoms with van der Waals surface area (Å²) in [4.78, 5) is 4.54. The molecule has 90 valence electrons. The van der Waals surface area contributed by atoms with Crippen molar-refractivity contribution in [2.24, 2.45) is 0 Å². The molecule has 1 aromatic heterocycles. The fourth-order valence-electron chi connectivity index (χ4n) is 1.45. The van der Waals surface area contributed by atoms with Gasteiger partial charge in [0.15, 0.2) is 0 Å². The lowest BCUT2D eigenvalue weighted by molar-refractivity contribution is 0.715. The molecule has 0 saturated heterocycles. The zero-order valence-electron chi connectivity index (χ0n) is 9.34. The van der Waals surface area contributed by atoms with Crippen molar-refractivity contribution < 1.29 is 0 Å². The Morgan fingerprint density at radius 2 is 1.94 bits per heavy atom. The van der Waals surface area contributed by atoms with E-state index >= 15 is 0 Å². The summed E-state index contributed by atoms with van der Waals surface area (Å²) in [6, 6.07) is 5.48. The van der Waals surface area contributed by atoms with Crippen LogP contribution in [0.3, 0.4) is 0 Å². The summed E-state index contributed by atoms with van der Waals surface area (Å²) in [5.41, 5.74) is 2.01. The molecule has 0 spiro atoms. The van der Waals surface area contributed by atoms with Gasteiger partial charge >= 0.3 is 0 Å². The molecule has 2 rings (SSSR count). The summed E-state index contributed by atoms with van der Waals surface area (Å²) in [5.74, 6) is 0. The van der Waals surface area contributed by atoms with Crippen molar-refractivity contribution in [3.8, 4) is 10.6 Å². The number of nitrogens with one attached hydrogen (secondary N) is 1. The summed E-state index contributed by atoms with van der Waals surface area (Å²) in [7, 11) is 0. The van der Waals surface area contributed by atoms with Gasteiger partial charge in [-0.2, -0.15) is 0 Å². The molecule has 2 nitrogen and oxygen atoms in total. The van der Waals surface area contributed by atoms with Crippen LogP contribution in [0.25, 0.3) is 10.6 Å². The van der Waals surface area contributed by atoms with E-state index in [4.69, 9.17) is 23.2 Å². The fourth-order valence-corrected chi connectivity index (χ4v) is 2.78. The minimum Gasteiger partial charge on any atom is -0.311 e. The van der Waals surface area contributed by atoms with Gasteiger partial charge in [0, 0.05) is 27.5 Å². The number of thiazole rings is 1. The molecular weight excluding hydrogens is 275 g/mol. The van der Waals surface area contributed by atoms with Crippen molar-refractivity contribution in [3.05, 3.63) is 39.3 Å². The smallest absolute Gasteiger partial charge is 0.123 e. The maximum absolute atomic E-state index is 5.97. The SMILES string of the molecule is CCNCc1csc(-c2cc(Cl)cc(Cl)c2)n1. The first-order valence-electron chi connectivity index (χ1n) is 5.30. The first-order valence-corrected chi connectivity index (χ1v) is 6.94. The Labute approximate surface area is 115 Å². The van der Waals surface area contributed by atoms with E-state index in [2.05, 4.69) is 17.2 Å². The second-order valence-corrected chi connectivity index (χ2v) is 5.31. The van der Waals surface area contributed by atoms with Crippen LogP contribution in [-0.4, -0.2) is 11.5 Å². The molecule has 1 heterocycles. The Balaban J connectivity index is 2.24. The van der Waals surface area contributed by atoms with Crippen LogP contribution in [0.5, 0.6) is 0 Å². The first kappa shape index (κ1) is 12.8. The van der Waals surface area contributed by atoms with Crippen molar-refractivity contribution in [3.63, 3.8) is 0 Å². The van der Waals surface area contributed by atoms with Crippen molar-refractivity contribution in [2.75, 3.05) is 6.54 Å². The molecule has 0 aliphatic rings. The highest BCUT2D eigenvalue weighted by Gasteiger charge is 2.06. The highest BCUT2D eigenvalue weighted by Crippen LogP contribution is 2.29. The molecule has 0 bridgehead atoms. The maximum Gasteiger partial charge on any atom is 0.123 e. The monoisotopic (exact) mass is 286 g/mol. The third kappa shape index (κ3) is 3.42. The molecule has 0 radical (unpaired) electrons. The van der Waals surface area contributed by atoms with Crippen molar-refractivity contribution >= 4 is 34.5 Å². The number of benzene rings is 1. The average molecular weight is 287 g/mol. The number of hydrogen-bond donors (Lipinski definition) is 1. The molecule has 0 amide bonds. The number of nitrogens with zero attached hydrogens (tertiary/aromatic N) is 1. The molecule has 5 heteroatoms. The van der Waals surface area contributed by atoms with E-state index in [0.717, 1.165) is 29.4 Å². The summed E-state index contributed by atoms with van der Waals surface area (Å²) in [5, 5.41) is 7.51. The third-order valence-electron chi connectivity index (χ3n) is 2.22. The summed E-state index contributed by atoms with van der Waals surface area (Å²) in [6.45, 7) is 3.81. The van der Waals surface area contributed by atoms with Gasteiger partial charge < -0.3 is 5.32 Å². The van der Waals surface area contributed by atoms with E-state index < -0.39 is 0 Å².